The minimum atomic E-state index is 0.731. The summed E-state index contributed by atoms with van der Waals surface area (Å²) in [6.45, 7) is 6.71. The highest BCUT2D eigenvalue weighted by Crippen LogP contribution is 1.86. The molecule has 2 N–H and O–H groups in total. The van der Waals surface area contributed by atoms with E-state index in [4.69, 9.17) is 4.74 Å². The van der Waals surface area contributed by atoms with Gasteiger partial charge in [0.2, 0.25) is 0 Å². The number of H-pyrrole nitrogens is 1. The van der Waals surface area contributed by atoms with E-state index in [2.05, 4.69) is 21.9 Å². The molecule has 0 aliphatic rings. The van der Waals surface area contributed by atoms with Crippen LogP contribution in [0.15, 0.2) is 25.0 Å². The predicted molar refractivity (Wildman–Crippen MR) is 55.9 cm³/mol. The van der Waals surface area contributed by atoms with Gasteiger partial charge in [0.1, 0.15) is 5.82 Å². The fraction of sp³-hybridized carbons (Fsp3) is 0.500. The molecule has 0 aliphatic carbocycles. The van der Waals surface area contributed by atoms with E-state index in [1.165, 1.54) is 0 Å². The van der Waals surface area contributed by atoms with Gasteiger partial charge < -0.3 is 15.0 Å². The zero-order valence-corrected chi connectivity index (χ0v) is 8.33. The molecule has 0 atom stereocenters. The van der Waals surface area contributed by atoms with E-state index in [9.17, 15) is 0 Å². The molecule has 0 aromatic carbocycles. The first-order chi connectivity index (χ1) is 6.93. The minimum absolute atomic E-state index is 0.731. The quantitative estimate of drug-likeness (QED) is 0.482. The zero-order valence-electron chi connectivity index (χ0n) is 8.33. The van der Waals surface area contributed by atoms with Gasteiger partial charge in [0.25, 0.3) is 0 Å². The summed E-state index contributed by atoms with van der Waals surface area (Å²) in [6, 6.07) is 0. The van der Waals surface area contributed by atoms with Crippen LogP contribution in [0.25, 0.3) is 0 Å². The summed E-state index contributed by atoms with van der Waals surface area (Å²) >= 11 is 0. The van der Waals surface area contributed by atoms with Gasteiger partial charge in [-0.1, -0.05) is 6.08 Å². The lowest BCUT2D eigenvalue weighted by Crippen LogP contribution is -2.20. The number of rotatable bonds is 8. The van der Waals surface area contributed by atoms with E-state index in [1.807, 2.05) is 12.3 Å². The van der Waals surface area contributed by atoms with Crippen molar-refractivity contribution in [2.45, 2.75) is 13.0 Å². The van der Waals surface area contributed by atoms with E-state index in [1.54, 1.807) is 6.20 Å². The predicted octanol–water partition coefficient (Wildman–Crippen LogP) is 1.09. The van der Waals surface area contributed by atoms with Crippen LogP contribution in [0, 0.1) is 0 Å². The lowest BCUT2D eigenvalue weighted by Gasteiger charge is -2.03. The molecule has 0 saturated heterocycles. The van der Waals surface area contributed by atoms with Gasteiger partial charge >= 0.3 is 0 Å². The van der Waals surface area contributed by atoms with Gasteiger partial charge in [0.15, 0.2) is 0 Å². The summed E-state index contributed by atoms with van der Waals surface area (Å²) < 4.78 is 5.33. The number of nitrogens with zero attached hydrogens (tertiary/aromatic N) is 1. The van der Waals surface area contributed by atoms with Crippen LogP contribution in [-0.4, -0.2) is 29.7 Å². The highest BCUT2D eigenvalue weighted by atomic mass is 16.5. The van der Waals surface area contributed by atoms with Crippen molar-refractivity contribution in [3.63, 3.8) is 0 Å². The van der Waals surface area contributed by atoms with Gasteiger partial charge in [0, 0.05) is 18.9 Å². The molecule has 0 radical (unpaired) electrons. The van der Waals surface area contributed by atoms with Crippen molar-refractivity contribution in [2.75, 3.05) is 19.8 Å². The van der Waals surface area contributed by atoms with Gasteiger partial charge in [0.05, 0.1) is 19.8 Å². The van der Waals surface area contributed by atoms with Gasteiger partial charge in [-0.2, -0.15) is 0 Å². The van der Waals surface area contributed by atoms with Crippen molar-refractivity contribution in [3.05, 3.63) is 30.9 Å². The van der Waals surface area contributed by atoms with Gasteiger partial charge in [-0.05, 0) is 6.42 Å². The lowest BCUT2D eigenvalue weighted by molar-refractivity contribution is 0.140. The maximum Gasteiger partial charge on any atom is 0.120 e. The van der Waals surface area contributed by atoms with E-state index < -0.39 is 0 Å². The standard InChI is InChI=1S/C10H17N3O/c1-2-3-7-14-8-6-11-9-10-12-4-5-13-10/h2,4-5,11H,1,3,6-9H2,(H,12,13). The van der Waals surface area contributed by atoms with Crippen LogP contribution < -0.4 is 5.32 Å². The van der Waals surface area contributed by atoms with Gasteiger partial charge in [-0.25, -0.2) is 4.98 Å². The molecule has 0 fully saturated rings. The third-order valence-corrected chi connectivity index (χ3v) is 1.74. The molecule has 78 valence electrons. The van der Waals surface area contributed by atoms with Crippen molar-refractivity contribution >= 4 is 0 Å². The van der Waals surface area contributed by atoms with E-state index >= 15 is 0 Å². The number of hydrogen-bond donors (Lipinski definition) is 2. The molecule has 0 amide bonds. The third kappa shape index (κ3) is 4.79. The van der Waals surface area contributed by atoms with Crippen molar-refractivity contribution in [2.24, 2.45) is 0 Å². The lowest BCUT2D eigenvalue weighted by atomic mass is 10.4. The molecule has 0 unspecified atom stereocenters. The van der Waals surface area contributed by atoms with Gasteiger partial charge in [-0.15, -0.1) is 6.58 Å². The Bertz CT molecular complexity index is 234. The smallest absolute Gasteiger partial charge is 0.120 e. The van der Waals surface area contributed by atoms with Crippen molar-refractivity contribution in [3.8, 4) is 0 Å². The molecule has 4 nitrogen and oxygen atoms in total. The Morgan fingerprint density at radius 1 is 1.57 bits per heavy atom. The maximum atomic E-state index is 5.33. The second-order valence-electron chi connectivity index (χ2n) is 2.90. The number of aromatic nitrogens is 2. The molecule has 4 heteroatoms. The van der Waals surface area contributed by atoms with Crippen molar-refractivity contribution in [1.82, 2.24) is 15.3 Å². The average molecular weight is 195 g/mol. The Kier molecular flexibility index (Phi) is 5.70. The molecule has 14 heavy (non-hydrogen) atoms. The van der Waals surface area contributed by atoms with Crippen LogP contribution in [0.3, 0.4) is 0 Å². The largest absolute Gasteiger partial charge is 0.380 e. The summed E-state index contributed by atoms with van der Waals surface area (Å²) in [5.74, 6) is 0.955. The first kappa shape index (κ1) is 10.9. The Hall–Kier alpha value is -1.13. The summed E-state index contributed by atoms with van der Waals surface area (Å²) in [5, 5.41) is 3.22. The van der Waals surface area contributed by atoms with Crippen LogP contribution in [0.5, 0.6) is 0 Å². The molecule has 1 heterocycles. The second kappa shape index (κ2) is 7.29. The third-order valence-electron chi connectivity index (χ3n) is 1.74. The Morgan fingerprint density at radius 3 is 3.21 bits per heavy atom. The minimum Gasteiger partial charge on any atom is -0.380 e. The number of imidazole rings is 1. The molecule has 0 bridgehead atoms. The molecule has 0 aliphatic heterocycles. The number of ether oxygens (including phenoxy) is 1. The first-order valence-corrected chi connectivity index (χ1v) is 4.81. The first-order valence-electron chi connectivity index (χ1n) is 4.81. The van der Waals surface area contributed by atoms with E-state index in [-0.39, 0.29) is 0 Å². The van der Waals surface area contributed by atoms with Crippen molar-refractivity contribution in [1.29, 1.82) is 0 Å². The van der Waals surface area contributed by atoms with Crippen LogP contribution in [-0.2, 0) is 11.3 Å². The fourth-order valence-corrected chi connectivity index (χ4v) is 1.01. The van der Waals surface area contributed by atoms with Crippen molar-refractivity contribution < 1.29 is 4.74 Å². The van der Waals surface area contributed by atoms with Crippen LogP contribution in [0.1, 0.15) is 12.2 Å². The number of nitrogens with one attached hydrogen (secondary N) is 2. The highest BCUT2D eigenvalue weighted by Gasteiger charge is 1.92. The fourth-order valence-electron chi connectivity index (χ4n) is 1.01. The van der Waals surface area contributed by atoms with Crippen LogP contribution in [0.2, 0.25) is 0 Å². The monoisotopic (exact) mass is 195 g/mol. The van der Waals surface area contributed by atoms with E-state index in [0.29, 0.717) is 0 Å². The molecular formula is C10H17N3O. The maximum absolute atomic E-state index is 5.33. The SMILES string of the molecule is C=CCCOCCNCc1ncc[nH]1. The number of aromatic amines is 1. The summed E-state index contributed by atoms with van der Waals surface area (Å²) in [6.07, 6.45) is 6.34. The topological polar surface area (TPSA) is 49.9 Å². The molecule has 1 aromatic rings. The van der Waals surface area contributed by atoms with Crippen LogP contribution >= 0.6 is 0 Å². The van der Waals surface area contributed by atoms with Crippen LogP contribution in [0.4, 0.5) is 0 Å². The highest BCUT2D eigenvalue weighted by molar-refractivity contribution is 4.85. The average Bonchev–Trinajstić information content (AvgIpc) is 2.69. The Morgan fingerprint density at radius 2 is 2.50 bits per heavy atom. The van der Waals surface area contributed by atoms with E-state index in [0.717, 1.165) is 38.5 Å². The number of hydrogen-bond acceptors (Lipinski definition) is 3. The molecule has 0 saturated carbocycles. The Balaban J connectivity index is 1.87. The summed E-state index contributed by atoms with van der Waals surface area (Å²) in [7, 11) is 0. The summed E-state index contributed by atoms with van der Waals surface area (Å²) in [5.41, 5.74) is 0. The Labute approximate surface area is 84.4 Å². The molecule has 0 spiro atoms. The van der Waals surface area contributed by atoms with Gasteiger partial charge in [-0.3, -0.25) is 0 Å². The summed E-state index contributed by atoms with van der Waals surface area (Å²) in [4.78, 5) is 7.11. The molecule has 1 rings (SSSR count). The second-order valence-corrected chi connectivity index (χ2v) is 2.90. The molecule has 1 aromatic heterocycles. The molecular weight excluding hydrogens is 178 g/mol. The normalized spacial score (nSPS) is 10.3. The zero-order chi connectivity index (χ0) is 10.1.